The van der Waals surface area contributed by atoms with E-state index in [-0.39, 0.29) is 22.5 Å². The molecule has 1 saturated carbocycles. The Morgan fingerprint density at radius 2 is 2.19 bits per heavy atom. The molecule has 1 aliphatic carbocycles. The van der Waals surface area contributed by atoms with E-state index in [1.54, 1.807) is 13.2 Å². The Hall–Kier alpha value is -0.890. The number of aromatic nitrogens is 1. The van der Waals surface area contributed by atoms with E-state index in [2.05, 4.69) is 15.0 Å². The first-order valence-electron chi connectivity index (χ1n) is 7.24. The lowest BCUT2D eigenvalue weighted by Crippen LogP contribution is -2.61. The van der Waals surface area contributed by atoms with Gasteiger partial charge in [-0.2, -0.15) is 0 Å². The SMILES string of the molecule is CCNCc1cc(S(=O)(=O)NC2CC(OC)C2(C)C)c[nH]1. The standard InChI is InChI=1S/C14H25N3O3S/c1-5-15-8-10-6-11(9-16-10)21(18,19)17-12-7-13(20-4)14(12,2)3/h6,9,12-13,15-17H,5,7-8H2,1-4H3. The Morgan fingerprint density at radius 1 is 1.48 bits per heavy atom. The number of aromatic amines is 1. The van der Waals surface area contributed by atoms with E-state index in [1.807, 2.05) is 20.8 Å². The number of nitrogens with one attached hydrogen (secondary N) is 3. The lowest BCUT2D eigenvalue weighted by Gasteiger charge is -2.50. The summed E-state index contributed by atoms with van der Waals surface area (Å²) in [5, 5.41) is 3.16. The molecule has 0 aromatic carbocycles. The van der Waals surface area contributed by atoms with Crippen molar-refractivity contribution in [3.05, 3.63) is 18.0 Å². The van der Waals surface area contributed by atoms with E-state index in [4.69, 9.17) is 4.74 Å². The van der Waals surface area contributed by atoms with Crippen LogP contribution >= 0.6 is 0 Å². The summed E-state index contributed by atoms with van der Waals surface area (Å²) in [7, 11) is -1.83. The van der Waals surface area contributed by atoms with Gasteiger partial charge in [-0.25, -0.2) is 13.1 Å². The summed E-state index contributed by atoms with van der Waals surface area (Å²) in [5.74, 6) is 0. The normalized spacial score (nSPS) is 24.8. The lowest BCUT2D eigenvalue weighted by atomic mass is 9.65. The zero-order valence-electron chi connectivity index (χ0n) is 13.1. The minimum Gasteiger partial charge on any atom is -0.381 e. The third kappa shape index (κ3) is 3.31. The van der Waals surface area contributed by atoms with Crippen molar-refractivity contribution in [2.24, 2.45) is 5.41 Å². The predicted octanol–water partition coefficient (Wildman–Crippen LogP) is 1.22. The maximum Gasteiger partial charge on any atom is 0.242 e. The van der Waals surface area contributed by atoms with Crippen molar-refractivity contribution in [1.29, 1.82) is 0 Å². The molecule has 1 fully saturated rings. The van der Waals surface area contributed by atoms with Gasteiger partial charge < -0.3 is 15.0 Å². The third-order valence-electron chi connectivity index (χ3n) is 4.35. The Labute approximate surface area is 126 Å². The average molecular weight is 315 g/mol. The zero-order chi connectivity index (χ0) is 15.7. The summed E-state index contributed by atoms with van der Waals surface area (Å²) < 4.78 is 33.0. The van der Waals surface area contributed by atoms with Crippen LogP contribution in [-0.2, 0) is 21.3 Å². The lowest BCUT2D eigenvalue weighted by molar-refractivity contribution is -0.0908. The van der Waals surface area contributed by atoms with Crippen molar-refractivity contribution < 1.29 is 13.2 Å². The summed E-state index contributed by atoms with van der Waals surface area (Å²) in [5.41, 5.74) is 0.671. The molecule has 21 heavy (non-hydrogen) atoms. The van der Waals surface area contributed by atoms with Crippen LogP contribution in [-0.4, -0.2) is 39.2 Å². The monoisotopic (exact) mass is 315 g/mol. The molecule has 1 heterocycles. The molecular weight excluding hydrogens is 290 g/mol. The molecule has 0 saturated heterocycles. The van der Waals surface area contributed by atoms with Crippen LogP contribution in [0.2, 0.25) is 0 Å². The smallest absolute Gasteiger partial charge is 0.242 e. The van der Waals surface area contributed by atoms with Crippen LogP contribution in [0.4, 0.5) is 0 Å². The highest BCUT2D eigenvalue weighted by atomic mass is 32.2. The van der Waals surface area contributed by atoms with Gasteiger partial charge in [0.15, 0.2) is 0 Å². The minimum absolute atomic E-state index is 0.0976. The van der Waals surface area contributed by atoms with Crippen LogP contribution in [0.5, 0.6) is 0 Å². The molecule has 7 heteroatoms. The van der Waals surface area contributed by atoms with Crippen molar-refractivity contribution in [3.8, 4) is 0 Å². The predicted molar refractivity (Wildman–Crippen MR) is 81.5 cm³/mol. The Kier molecular flexibility index (Phi) is 4.77. The highest BCUT2D eigenvalue weighted by Gasteiger charge is 2.50. The van der Waals surface area contributed by atoms with Crippen molar-refractivity contribution in [1.82, 2.24) is 15.0 Å². The van der Waals surface area contributed by atoms with Crippen molar-refractivity contribution in [2.75, 3.05) is 13.7 Å². The molecule has 120 valence electrons. The van der Waals surface area contributed by atoms with Crippen LogP contribution in [0.25, 0.3) is 0 Å². The second-order valence-electron chi connectivity index (χ2n) is 6.10. The van der Waals surface area contributed by atoms with Gasteiger partial charge in [-0.3, -0.25) is 0 Å². The first-order chi connectivity index (χ1) is 9.81. The molecule has 3 N–H and O–H groups in total. The molecule has 2 unspecified atom stereocenters. The molecule has 0 amide bonds. The third-order valence-corrected chi connectivity index (χ3v) is 5.80. The topological polar surface area (TPSA) is 83.2 Å². The fraction of sp³-hybridized carbons (Fsp3) is 0.714. The van der Waals surface area contributed by atoms with Gasteiger partial charge in [-0.05, 0) is 19.0 Å². The molecule has 0 aliphatic heterocycles. The number of hydrogen-bond acceptors (Lipinski definition) is 4. The molecular formula is C14H25N3O3S. The van der Waals surface area contributed by atoms with Gasteiger partial charge in [0.05, 0.1) is 11.0 Å². The quantitative estimate of drug-likeness (QED) is 0.706. The number of H-pyrrole nitrogens is 1. The van der Waals surface area contributed by atoms with Crippen LogP contribution in [0.3, 0.4) is 0 Å². The Morgan fingerprint density at radius 3 is 2.76 bits per heavy atom. The van der Waals surface area contributed by atoms with E-state index in [0.29, 0.717) is 13.0 Å². The fourth-order valence-corrected chi connectivity index (χ4v) is 4.10. The second kappa shape index (κ2) is 6.08. The summed E-state index contributed by atoms with van der Waals surface area (Å²) in [4.78, 5) is 3.27. The van der Waals surface area contributed by atoms with E-state index in [1.165, 1.54) is 6.20 Å². The Balaban J connectivity index is 2.04. The van der Waals surface area contributed by atoms with E-state index in [0.717, 1.165) is 12.2 Å². The highest BCUT2D eigenvalue weighted by molar-refractivity contribution is 7.89. The number of ether oxygens (including phenoxy) is 1. The largest absolute Gasteiger partial charge is 0.381 e. The summed E-state index contributed by atoms with van der Waals surface area (Å²) in [6.07, 6.45) is 2.34. The van der Waals surface area contributed by atoms with Gasteiger partial charge >= 0.3 is 0 Å². The van der Waals surface area contributed by atoms with Gasteiger partial charge in [0.2, 0.25) is 10.0 Å². The van der Waals surface area contributed by atoms with E-state index in [9.17, 15) is 8.42 Å². The summed E-state index contributed by atoms with van der Waals surface area (Å²) in [6, 6.07) is 1.57. The number of rotatable bonds is 7. The van der Waals surface area contributed by atoms with Crippen LogP contribution < -0.4 is 10.0 Å². The molecule has 2 atom stereocenters. The molecule has 6 nitrogen and oxygen atoms in total. The minimum atomic E-state index is -3.49. The Bertz CT molecular complexity index is 580. The van der Waals surface area contributed by atoms with E-state index < -0.39 is 10.0 Å². The molecule has 1 aliphatic rings. The number of hydrogen-bond donors (Lipinski definition) is 3. The molecule has 1 aromatic heterocycles. The van der Waals surface area contributed by atoms with E-state index >= 15 is 0 Å². The maximum atomic E-state index is 12.4. The fourth-order valence-electron chi connectivity index (χ4n) is 2.68. The summed E-state index contributed by atoms with van der Waals surface area (Å²) in [6.45, 7) is 7.52. The van der Waals surface area contributed by atoms with Gasteiger partial charge in [0.25, 0.3) is 0 Å². The van der Waals surface area contributed by atoms with Gasteiger partial charge in [0.1, 0.15) is 0 Å². The van der Waals surface area contributed by atoms with Crippen LogP contribution in [0, 0.1) is 5.41 Å². The number of methoxy groups -OCH3 is 1. The van der Waals surface area contributed by atoms with Gasteiger partial charge in [-0.1, -0.05) is 20.8 Å². The van der Waals surface area contributed by atoms with Gasteiger partial charge in [-0.15, -0.1) is 0 Å². The molecule has 1 aromatic rings. The van der Waals surface area contributed by atoms with Crippen molar-refractivity contribution in [3.63, 3.8) is 0 Å². The summed E-state index contributed by atoms with van der Waals surface area (Å²) >= 11 is 0. The van der Waals surface area contributed by atoms with Crippen LogP contribution in [0.15, 0.2) is 17.2 Å². The molecule has 0 spiro atoms. The van der Waals surface area contributed by atoms with Crippen LogP contribution in [0.1, 0.15) is 32.9 Å². The second-order valence-corrected chi connectivity index (χ2v) is 7.81. The average Bonchev–Trinajstić information content (AvgIpc) is 2.90. The van der Waals surface area contributed by atoms with Gasteiger partial charge in [0, 0.05) is 37.0 Å². The molecule has 0 bridgehead atoms. The number of sulfonamides is 1. The first kappa shape index (κ1) is 16.5. The molecule has 2 rings (SSSR count). The van der Waals surface area contributed by atoms with Crippen molar-refractivity contribution in [2.45, 2.75) is 50.8 Å². The zero-order valence-corrected chi connectivity index (χ0v) is 13.9. The first-order valence-corrected chi connectivity index (χ1v) is 8.72. The highest BCUT2D eigenvalue weighted by Crippen LogP contribution is 2.43. The molecule has 0 radical (unpaired) electrons. The van der Waals surface area contributed by atoms with Crippen molar-refractivity contribution >= 4 is 10.0 Å². The maximum absolute atomic E-state index is 12.4.